The summed E-state index contributed by atoms with van der Waals surface area (Å²) in [5, 5.41) is 7.06. The number of amides is 1. The number of carbonyl (C=O) groups excluding carboxylic acids is 2. The number of ether oxygens (including phenoxy) is 1. The smallest absolute Gasteiger partial charge is 0.347 e. The molecule has 2 heterocycles. The molecule has 2 aromatic heterocycles. The lowest BCUT2D eigenvalue weighted by Gasteiger charge is -2.07. The lowest BCUT2D eigenvalue weighted by molar-refractivity contribution is 0.0734. The summed E-state index contributed by atoms with van der Waals surface area (Å²) < 4.78 is 7.23. The Morgan fingerprint density at radius 2 is 1.74 bits per heavy atom. The van der Waals surface area contributed by atoms with Crippen LogP contribution in [0.25, 0.3) is 0 Å². The molecule has 7 heteroatoms. The monoisotopic (exact) mass is 412 g/mol. The summed E-state index contributed by atoms with van der Waals surface area (Å²) in [4.78, 5) is 28.9. The summed E-state index contributed by atoms with van der Waals surface area (Å²) in [7, 11) is 0. The van der Waals surface area contributed by atoms with Crippen LogP contribution in [0.15, 0.2) is 85.3 Å². The van der Waals surface area contributed by atoms with Crippen LogP contribution in [-0.4, -0.2) is 26.6 Å². The molecule has 0 saturated carbocycles. The maximum absolute atomic E-state index is 12.6. The van der Waals surface area contributed by atoms with E-state index in [9.17, 15) is 9.59 Å². The number of nitrogens with zero attached hydrogens (tertiary/aromatic N) is 3. The van der Waals surface area contributed by atoms with Crippen LogP contribution < -0.4 is 10.1 Å². The van der Waals surface area contributed by atoms with E-state index in [0.29, 0.717) is 29.1 Å². The van der Waals surface area contributed by atoms with Gasteiger partial charge in [-0.1, -0.05) is 30.3 Å². The first-order chi connectivity index (χ1) is 15.1. The highest BCUT2D eigenvalue weighted by Gasteiger charge is 2.17. The molecule has 0 atom stereocenters. The van der Waals surface area contributed by atoms with Crippen molar-refractivity contribution in [2.45, 2.75) is 13.5 Å². The molecular formula is C24H20N4O3. The van der Waals surface area contributed by atoms with Crippen LogP contribution in [0.2, 0.25) is 0 Å². The zero-order valence-electron chi connectivity index (χ0n) is 16.9. The fourth-order valence-electron chi connectivity index (χ4n) is 3.04. The van der Waals surface area contributed by atoms with Gasteiger partial charge in [-0.2, -0.15) is 5.10 Å². The molecule has 0 aliphatic rings. The minimum absolute atomic E-state index is 0.274. The van der Waals surface area contributed by atoms with Gasteiger partial charge in [-0.15, -0.1) is 0 Å². The third kappa shape index (κ3) is 4.84. The molecule has 4 rings (SSSR count). The maximum atomic E-state index is 12.6. The Morgan fingerprint density at radius 1 is 0.968 bits per heavy atom. The number of rotatable bonds is 6. The minimum Gasteiger partial charge on any atom is -0.423 e. The number of benzene rings is 2. The van der Waals surface area contributed by atoms with Crippen LogP contribution in [0.3, 0.4) is 0 Å². The van der Waals surface area contributed by atoms with Gasteiger partial charge in [0.05, 0.1) is 30.3 Å². The van der Waals surface area contributed by atoms with Crippen molar-refractivity contribution in [3.8, 4) is 5.75 Å². The van der Waals surface area contributed by atoms with E-state index in [1.165, 1.54) is 6.20 Å². The molecule has 4 aromatic rings. The molecule has 31 heavy (non-hydrogen) atoms. The Bertz CT molecular complexity index is 1190. The molecule has 0 bridgehead atoms. The number of pyridine rings is 1. The van der Waals surface area contributed by atoms with Gasteiger partial charge < -0.3 is 10.1 Å². The first-order valence-electron chi connectivity index (χ1n) is 9.70. The third-order valence-electron chi connectivity index (χ3n) is 4.74. The zero-order valence-corrected chi connectivity index (χ0v) is 16.9. The molecule has 154 valence electrons. The molecule has 2 aromatic carbocycles. The third-order valence-corrected chi connectivity index (χ3v) is 4.74. The molecule has 7 nitrogen and oxygen atoms in total. The predicted molar refractivity (Wildman–Crippen MR) is 116 cm³/mol. The molecule has 0 radical (unpaired) electrons. The predicted octanol–water partition coefficient (Wildman–Crippen LogP) is 4.11. The van der Waals surface area contributed by atoms with Crippen molar-refractivity contribution in [2.24, 2.45) is 0 Å². The second-order valence-electron chi connectivity index (χ2n) is 6.90. The summed E-state index contributed by atoms with van der Waals surface area (Å²) in [6, 6.07) is 19.7. The van der Waals surface area contributed by atoms with Crippen LogP contribution in [-0.2, 0) is 6.54 Å². The van der Waals surface area contributed by atoms with Crippen molar-refractivity contribution in [3.63, 3.8) is 0 Å². The van der Waals surface area contributed by atoms with Gasteiger partial charge in [-0.25, -0.2) is 4.79 Å². The van der Waals surface area contributed by atoms with Gasteiger partial charge >= 0.3 is 5.97 Å². The highest BCUT2D eigenvalue weighted by Crippen LogP contribution is 2.17. The topological polar surface area (TPSA) is 86.1 Å². The van der Waals surface area contributed by atoms with E-state index in [-0.39, 0.29) is 5.91 Å². The first-order valence-corrected chi connectivity index (χ1v) is 9.70. The van der Waals surface area contributed by atoms with Gasteiger partial charge in [0.25, 0.3) is 5.91 Å². The van der Waals surface area contributed by atoms with E-state index in [2.05, 4.69) is 15.4 Å². The number of esters is 1. The van der Waals surface area contributed by atoms with Gasteiger partial charge in [0.15, 0.2) is 0 Å². The van der Waals surface area contributed by atoms with Gasteiger partial charge in [-0.3, -0.25) is 14.5 Å². The second-order valence-corrected chi connectivity index (χ2v) is 6.90. The first kappa shape index (κ1) is 20.0. The molecule has 1 N–H and O–H groups in total. The number of nitrogens with one attached hydrogen (secondary N) is 1. The fraction of sp³-hybridized carbons (Fsp3) is 0.0833. The van der Waals surface area contributed by atoms with Crippen molar-refractivity contribution in [2.75, 3.05) is 5.32 Å². The average Bonchev–Trinajstić information content (AvgIpc) is 3.16. The largest absolute Gasteiger partial charge is 0.423 e. The summed E-state index contributed by atoms with van der Waals surface area (Å²) in [6.45, 7) is 2.40. The Morgan fingerprint density at radius 3 is 2.45 bits per heavy atom. The zero-order chi connectivity index (χ0) is 21.6. The normalized spacial score (nSPS) is 10.5. The van der Waals surface area contributed by atoms with Crippen LogP contribution >= 0.6 is 0 Å². The number of aromatic nitrogens is 3. The maximum Gasteiger partial charge on any atom is 0.347 e. The Hall–Kier alpha value is -4.26. The second kappa shape index (κ2) is 9.04. The van der Waals surface area contributed by atoms with E-state index < -0.39 is 5.97 Å². The van der Waals surface area contributed by atoms with Crippen molar-refractivity contribution in [3.05, 3.63) is 108 Å². The number of hydrogen-bond donors (Lipinski definition) is 1. The summed E-state index contributed by atoms with van der Waals surface area (Å²) in [5.41, 5.74) is 3.26. The molecule has 1 amide bonds. The summed E-state index contributed by atoms with van der Waals surface area (Å²) in [5.74, 6) is -0.425. The molecule has 0 unspecified atom stereocenters. The van der Waals surface area contributed by atoms with E-state index in [1.807, 2.05) is 37.3 Å². The average molecular weight is 412 g/mol. The van der Waals surface area contributed by atoms with Crippen molar-refractivity contribution < 1.29 is 14.3 Å². The Balaban J connectivity index is 1.40. The molecule has 0 fully saturated rings. The van der Waals surface area contributed by atoms with Gasteiger partial charge in [0, 0.05) is 11.8 Å². The van der Waals surface area contributed by atoms with Crippen LogP contribution in [0.5, 0.6) is 5.75 Å². The van der Waals surface area contributed by atoms with Crippen molar-refractivity contribution in [1.29, 1.82) is 0 Å². The highest BCUT2D eigenvalue weighted by molar-refractivity contribution is 6.04. The van der Waals surface area contributed by atoms with E-state index in [0.717, 1.165) is 11.3 Å². The summed E-state index contributed by atoms with van der Waals surface area (Å²) in [6.07, 6.45) is 4.70. The standard InChI is InChI=1S/C24H20N4O3/c1-17-22(15-26-28(17)16-18-6-3-2-4-7-18)24(30)31-21-11-9-19(10-12-21)23(29)27-20-8-5-13-25-14-20/h2-15H,16H2,1H3,(H,27,29). The van der Waals surface area contributed by atoms with Crippen molar-refractivity contribution >= 4 is 17.6 Å². The van der Waals surface area contributed by atoms with Crippen LogP contribution in [0, 0.1) is 6.92 Å². The quantitative estimate of drug-likeness (QED) is 0.381. The van der Waals surface area contributed by atoms with Crippen molar-refractivity contribution in [1.82, 2.24) is 14.8 Å². The number of carbonyl (C=O) groups is 2. The number of hydrogen-bond acceptors (Lipinski definition) is 5. The van der Waals surface area contributed by atoms with Gasteiger partial charge in [0.1, 0.15) is 11.3 Å². The Kier molecular flexibility index (Phi) is 5.84. The van der Waals surface area contributed by atoms with Gasteiger partial charge in [-0.05, 0) is 48.9 Å². The molecular weight excluding hydrogens is 392 g/mol. The van der Waals surface area contributed by atoms with E-state index in [4.69, 9.17) is 4.74 Å². The molecule has 0 aliphatic carbocycles. The molecule has 0 saturated heterocycles. The summed E-state index contributed by atoms with van der Waals surface area (Å²) >= 11 is 0. The highest BCUT2D eigenvalue weighted by atomic mass is 16.5. The van der Waals surface area contributed by atoms with Crippen LogP contribution in [0.4, 0.5) is 5.69 Å². The van der Waals surface area contributed by atoms with Gasteiger partial charge in [0.2, 0.25) is 0 Å². The van der Waals surface area contributed by atoms with Crippen LogP contribution in [0.1, 0.15) is 32.0 Å². The SMILES string of the molecule is Cc1c(C(=O)Oc2ccc(C(=O)Nc3cccnc3)cc2)cnn1Cc1ccccc1. The lowest BCUT2D eigenvalue weighted by atomic mass is 10.2. The lowest BCUT2D eigenvalue weighted by Crippen LogP contribution is -2.13. The minimum atomic E-state index is -0.496. The Labute approximate surface area is 179 Å². The van der Waals surface area contributed by atoms with E-state index in [1.54, 1.807) is 53.5 Å². The number of anilines is 1. The van der Waals surface area contributed by atoms with E-state index >= 15 is 0 Å². The fourth-order valence-corrected chi connectivity index (χ4v) is 3.04. The molecule has 0 aliphatic heterocycles. The molecule has 0 spiro atoms.